The molecule has 2 aromatic carbocycles. The number of carbonyl (C=O) groups excluding carboxylic acids is 1. The van der Waals surface area contributed by atoms with Crippen LogP contribution in [0.5, 0.6) is 5.75 Å². The molecule has 1 fully saturated rings. The fourth-order valence-corrected chi connectivity index (χ4v) is 4.39. The average Bonchev–Trinajstić information content (AvgIpc) is 3.14. The van der Waals surface area contributed by atoms with Gasteiger partial charge < -0.3 is 9.64 Å². The van der Waals surface area contributed by atoms with Crippen molar-refractivity contribution >= 4 is 34.6 Å². The molecule has 31 heavy (non-hydrogen) atoms. The van der Waals surface area contributed by atoms with E-state index in [2.05, 4.69) is 16.8 Å². The zero-order valence-corrected chi connectivity index (χ0v) is 18.0. The van der Waals surface area contributed by atoms with Crippen LogP contribution in [0.25, 0.3) is 6.08 Å². The van der Waals surface area contributed by atoms with Gasteiger partial charge in [0, 0.05) is 25.2 Å². The summed E-state index contributed by atoms with van der Waals surface area (Å²) in [4.78, 5) is 29.7. The van der Waals surface area contributed by atoms with E-state index in [-0.39, 0.29) is 11.6 Å². The maximum absolute atomic E-state index is 12.3. The number of hydrogen-bond donors (Lipinski definition) is 0. The summed E-state index contributed by atoms with van der Waals surface area (Å²) in [6.45, 7) is 4.48. The third-order valence-electron chi connectivity index (χ3n) is 5.39. The Hall–Kier alpha value is -3.13. The number of ether oxygens (including phenoxy) is 1. The lowest BCUT2D eigenvalue weighted by Crippen LogP contribution is -2.35. The molecule has 0 radical (unpaired) electrons. The van der Waals surface area contributed by atoms with Crippen LogP contribution in [0.15, 0.2) is 58.4 Å². The minimum absolute atomic E-state index is 0.0578. The number of nitrogens with zero attached hydrogens (tertiary/aromatic N) is 3. The van der Waals surface area contributed by atoms with Crippen LogP contribution in [0.3, 0.4) is 0 Å². The van der Waals surface area contributed by atoms with Crippen LogP contribution in [0.4, 0.5) is 5.69 Å². The molecule has 0 N–H and O–H groups in total. The normalized spacial score (nSPS) is 18.4. The molecule has 2 aliphatic rings. The van der Waals surface area contributed by atoms with Crippen LogP contribution in [-0.2, 0) is 11.4 Å². The first kappa shape index (κ1) is 21.1. The molecule has 1 saturated heterocycles. The molecule has 2 aliphatic heterocycles. The Morgan fingerprint density at radius 1 is 1.16 bits per heavy atom. The summed E-state index contributed by atoms with van der Waals surface area (Å²) in [6, 6.07) is 13.8. The van der Waals surface area contributed by atoms with E-state index in [1.54, 1.807) is 12.1 Å². The molecule has 0 bridgehead atoms. The van der Waals surface area contributed by atoms with E-state index < -0.39 is 4.92 Å². The molecule has 2 aromatic rings. The molecule has 0 aliphatic carbocycles. The second kappa shape index (κ2) is 9.34. The summed E-state index contributed by atoms with van der Waals surface area (Å²) in [5, 5.41) is 11.5. The van der Waals surface area contributed by atoms with E-state index in [1.807, 2.05) is 30.3 Å². The first-order valence-corrected chi connectivity index (χ1v) is 11.0. The molecule has 0 unspecified atom stereocenters. The number of thioether (sulfide) groups is 1. The fourth-order valence-electron chi connectivity index (χ4n) is 3.43. The number of benzene rings is 2. The lowest BCUT2D eigenvalue weighted by Gasteiger charge is -2.30. The summed E-state index contributed by atoms with van der Waals surface area (Å²) in [5.74, 6) is 1.23. The van der Waals surface area contributed by atoms with Crippen molar-refractivity contribution < 1.29 is 14.5 Å². The predicted molar refractivity (Wildman–Crippen MR) is 122 cm³/mol. The third-order valence-corrected chi connectivity index (χ3v) is 6.44. The molecule has 2 heterocycles. The second-order valence-electron chi connectivity index (χ2n) is 7.76. The Kier molecular flexibility index (Phi) is 6.36. The van der Waals surface area contributed by atoms with Gasteiger partial charge >= 0.3 is 0 Å². The number of hydrogen-bond acceptors (Lipinski definition) is 6. The lowest BCUT2D eigenvalue weighted by atomic mass is 10.00. The molecule has 1 amide bonds. The van der Waals surface area contributed by atoms with E-state index in [0.717, 1.165) is 48.1 Å². The van der Waals surface area contributed by atoms with Gasteiger partial charge in [-0.25, -0.2) is 0 Å². The number of amides is 1. The van der Waals surface area contributed by atoms with Gasteiger partial charge in [0.25, 0.3) is 11.6 Å². The first-order chi connectivity index (χ1) is 15.0. The van der Waals surface area contributed by atoms with Gasteiger partial charge in [-0.2, -0.15) is 4.99 Å². The summed E-state index contributed by atoms with van der Waals surface area (Å²) in [6.07, 6.45) is 4.12. The molecule has 0 spiro atoms. The molecule has 0 atom stereocenters. The maximum Gasteiger partial charge on any atom is 0.286 e. The monoisotopic (exact) mass is 437 g/mol. The van der Waals surface area contributed by atoms with Crippen LogP contribution < -0.4 is 4.74 Å². The Bertz CT molecular complexity index is 1020. The zero-order chi connectivity index (χ0) is 21.8. The van der Waals surface area contributed by atoms with Crippen molar-refractivity contribution in [2.75, 3.05) is 13.1 Å². The molecule has 0 aromatic heterocycles. The number of nitro benzene ring substituents is 1. The Labute approximate surface area is 185 Å². The van der Waals surface area contributed by atoms with Crippen molar-refractivity contribution in [3.63, 3.8) is 0 Å². The van der Waals surface area contributed by atoms with Crippen LogP contribution >= 0.6 is 11.8 Å². The predicted octanol–water partition coefficient (Wildman–Crippen LogP) is 4.88. The number of amidine groups is 1. The standard InChI is InChI=1S/C23H23N3O4S/c1-16-10-12-25(13-11-16)23-24-22(27)21(31-23)14-17-4-8-20(9-5-17)30-15-18-2-6-19(7-3-18)26(28)29/h2-9,14,16H,10-13,15H2,1H3/b21-14+. The zero-order valence-electron chi connectivity index (χ0n) is 17.2. The van der Waals surface area contributed by atoms with Gasteiger partial charge in [-0.15, -0.1) is 0 Å². The quantitative estimate of drug-likeness (QED) is 0.377. The number of non-ortho nitro benzene ring substituents is 1. The minimum Gasteiger partial charge on any atom is -0.489 e. The number of rotatable bonds is 5. The van der Waals surface area contributed by atoms with Gasteiger partial charge in [0.05, 0.1) is 9.83 Å². The maximum atomic E-state index is 12.3. The number of nitro groups is 1. The van der Waals surface area contributed by atoms with Crippen molar-refractivity contribution in [1.29, 1.82) is 0 Å². The molecule has 7 nitrogen and oxygen atoms in total. The van der Waals surface area contributed by atoms with Crippen molar-refractivity contribution in [2.45, 2.75) is 26.4 Å². The SMILES string of the molecule is CC1CCN(C2=NC(=O)/C(=C\c3ccc(OCc4ccc([N+](=O)[O-])cc4)cc3)S2)CC1. The highest BCUT2D eigenvalue weighted by Gasteiger charge is 2.28. The molecular formula is C23H23N3O4S. The minimum atomic E-state index is -0.424. The number of piperidine rings is 1. The summed E-state index contributed by atoms with van der Waals surface area (Å²) >= 11 is 1.44. The van der Waals surface area contributed by atoms with Crippen molar-refractivity contribution in [3.05, 3.63) is 74.7 Å². The number of carbonyl (C=O) groups is 1. The van der Waals surface area contributed by atoms with E-state index in [0.29, 0.717) is 17.3 Å². The Morgan fingerprint density at radius 3 is 2.48 bits per heavy atom. The Morgan fingerprint density at radius 2 is 1.84 bits per heavy atom. The van der Waals surface area contributed by atoms with Crippen LogP contribution in [-0.4, -0.2) is 34.0 Å². The van der Waals surface area contributed by atoms with Crippen molar-refractivity contribution in [1.82, 2.24) is 4.90 Å². The third kappa shape index (κ3) is 5.32. The smallest absolute Gasteiger partial charge is 0.286 e. The highest BCUT2D eigenvalue weighted by molar-refractivity contribution is 8.18. The van der Waals surface area contributed by atoms with E-state index in [9.17, 15) is 14.9 Å². The second-order valence-corrected chi connectivity index (χ2v) is 8.77. The summed E-state index contributed by atoms with van der Waals surface area (Å²) in [5.41, 5.74) is 1.81. The van der Waals surface area contributed by atoms with Gasteiger partial charge in [0.2, 0.25) is 0 Å². The Balaban J connectivity index is 1.33. The first-order valence-electron chi connectivity index (χ1n) is 10.2. The van der Waals surface area contributed by atoms with Crippen molar-refractivity contribution in [3.8, 4) is 5.75 Å². The van der Waals surface area contributed by atoms with E-state index >= 15 is 0 Å². The van der Waals surface area contributed by atoms with Gasteiger partial charge in [0.1, 0.15) is 12.4 Å². The molecular weight excluding hydrogens is 414 g/mol. The van der Waals surface area contributed by atoms with Gasteiger partial charge in [-0.1, -0.05) is 19.1 Å². The van der Waals surface area contributed by atoms with Gasteiger partial charge in [-0.05, 0) is 72.0 Å². The van der Waals surface area contributed by atoms with Gasteiger partial charge in [0.15, 0.2) is 5.17 Å². The highest BCUT2D eigenvalue weighted by Crippen LogP contribution is 2.32. The number of likely N-dealkylation sites (tertiary alicyclic amines) is 1. The van der Waals surface area contributed by atoms with Crippen LogP contribution in [0.2, 0.25) is 0 Å². The summed E-state index contributed by atoms with van der Waals surface area (Å²) in [7, 11) is 0. The fraction of sp³-hybridized carbons (Fsp3) is 0.304. The lowest BCUT2D eigenvalue weighted by molar-refractivity contribution is -0.384. The van der Waals surface area contributed by atoms with Crippen molar-refractivity contribution in [2.24, 2.45) is 10.9 Å². The molecule has 0 saturated carbocycles. The van der Waals surface area contributed by atoms with E-state index in [1.165, 1.54) is 23.9 Å². The molecule has 4 rings (SSSR count). The highest BCUT2D eigenvalue weighted by atomic mass is 32.2. The van der Waals surface area contributed by atoms with Crippen LogP contribution in [0, 0.1) is 16.0 Å². The average molecular weight is 438 g/mol. The van der Waals surface area contributed by atoms with Gasteiger partial charge in [-0.3, -0.25) is 14.9 Å². The molecule has 8 heteroatoms. The molecule has 160 valence electrons. The topological polar surface area (TPSA) is 85.0 Å². The number of aliphatic imine (C=N–C) groups is 1. The largest absolute Gasteiger partial charge is 0.489 e. The summed E-state index contributed by atoms with van der Waals surface area (Å²) < 4.78 is 5.75. The van der Waals surface area contributed by atoms with Crippen LogP contribution in [0.1, 0.15) is 30.9 Å². The van der Waals surface area contributed by atoms with E-state index in [4.69, 9.17) is 4.74 Å².